The van der Waals surface area contributed by atoms with Crippen LogP contribution in [0.2, 0.25) is 0 Å². The number of rotatable bonds is 2. The molecule has 1 saturated heterocycles. The molecule has 0 radical (unpaired) electrons. The highest BCUT2D eigenvalue weighted by Crippen LogP contribution is 2.34. The number of ether oxygens (including phenoxy) is 1. The molecular formula is C11H12FNO3. The van der Waals surface area contributed by atoms with Gasteiger partial charge in [-0.3, -0.25) is 5.32 Å². The molecule has 2 rings (SSSR count). The molecule has 0 aliphatic carbocycles. The van der Waals surface area contributed by atoms with Gasteiger partial charge in [0.2, 0.25) is 0 Å². The Hall–Kier alpha value is -1.62. The SMILES string of the molecule is CC1(c2ccc(NC(=O)O)cc2F)COC1. The van der Waals surface area contributed by atoms with E-state index in [1.165, 1.54) is 6.07 Å². The third-order valence-corrected chi connectivity index (χ3v) is 2.71. The van der Waals surface area contributed by atoms with Crippen molar-refractivity contribution in [2.45, 2.75) is 12.3 Å². The Labute approximate surface area is 92.0 Å². The van der Waals surface area contributed by atoms with Gasteiger partial charge in [-0.05, 0) is 17.7 Å². The van der Waals surface area contributed by atoms with E-state index in [9.17, 15) is 9.18 Å². The van der Waals surface area contributed by atoms with Gasteiger partial charge in [0, 0.05) is 11.1 Å². The number of hydrogen-bond acceptors (Lipinski definition) is 2. The van der Waals surface area contributed by atoms with Crippen molar-refractivity contribution >= 4 is 11.8 Å². The van der Waals surface area contributed by atoms with Crippen LogP contribution in [0.15, 0.2) is 18.2 Å². The van der Waals surface area contributed by atoms with E-state index >= 15 is 0 Å². The molecule has 0 saturated carbocycles. The predicted octanol–water partition coefficient (Wildman–Crippen LogP) is 2.20. The molecule has 0 bridgehead atoms. The van der Waals surface area contributed by atoms with Crippen molar-refractivity contribution in [3.8, 4) is 0 Å². The molecule has 1 aliphatic heterocycles. The quantitative estimate of drug-likeness (QED) is 0.811. The highest BCUT2D eigenvalue weighted by atomic mass is 19.1. The van der Waals surface area contributed by atoms with Gasteiger partial charge in [-0.1, -0.05) is 13.0 Å². The predicted molar refractivity (Wildman–Crippen MR) is 56.2 cm³/mol. The number of carbonyl (C=O) groups is 1. The van der Waals surface area contributed by atoms with Gasteiger partial charge in [0.15, 0.2) is 0 Å². The van der Waals surface area contributed by atoms with Crippen LogP contribution in [0.1, 0.15) is 12.5 Å². The topological polar surface area (TPSA) is 58.6 Å². The molecule has 1 aliphatic rings. The second-order valence-electron chi connectivity index (χ2n) is 4.18. The van der Waals surface area contributed by atoms with Gasteiger partial charge in [-0.25, -0.2) is 9.18 Å². The maximum absolute atomic E-state index is 13.7. The number of carboxylic acid groups (broad SMARTS) is 1. The third-order valence-electron chi connectivity index (χ3n) is 2.71. The number of benzene rings is 1. The lowest BCUT2D eigenvalue weighted by Gasteiger charge is -2.38. The average Bonchev–Trinajstić information content (AvgIpc) is 2.13. The fraction of sp³-hybridized carbons (Fsp3) is 0.364. The summed E-state index contributed by atoms with van der Waals surface area (Å²) < 4.78 is 18.8. The average molecular weight is 225 g/mol. The van der Waals surface area contributed by atoms with Crippen LogP contribution in [0.5, 0.6) is 0 Å². The first-order chi connectivity index (χ1) is 7.51. The molecule has 16 heavy (non-hydrogen) atoms. The van der Waals surface area contributed by atoms with Crippen LogP contribution in [0.4, 0.5) is 14.9 Å². The Balaban J connectivity index is 2.26. The van der Waals surface area contributed by atoms with Crippen molar-refractivity contribution in [1.29, 1.82) is 0 Å². The lowest BCUT2D eigenvalue weighted by atomic mass is 9.80. The zero-order chi connectivity index (χ0) is 11.8. The smallest absolute Gasteiger partial charge is 0.409 e. The summed E-state index contributed by atoms with van der Waals surface area (Å²) >= 11 is 0. The molecule has 86 valence electrons. The largest absolute Gasteiger partial charge is 0.465 e. The Bertz CT molecular complexity index is 429. The molecule has 1 heterocycles. The van der Waals surface area contributed by atoms with Crippen molar-refractivity contribution in [1.82, 2.24) is 0 Å². The van der Waals surface area contributed by atoms with Crippen LogP contribution in [0.3, 0.4) is 0 Å². The summed E-state index contributed by atoms with van der Waals surface area (Å²) in [7, 11) is 0. The molecule has 5 heteroatoms. The number of nitrogens with one attached hydrogen (secondary N) is 1. The van der Waals surface area contributed by atoms with Crippen LogP contribution in [-0.4, -0.2) is 24.4 Å². The first-order valence-corrected chi connectivity index (χ1v) is 4.89. The second-order valence-corrected chi connectivity index (χ2v) is 4.18. The van der Waals surface area contributed by atoms with Gasteiger partial charge in [0.1, 0.15) is 5.82 Å². The van der Waals surface area contributed by atoms with Gasteiger partial charge >= 0.3 is 6.09 Å². The lowest BCUT2D eigenvalue weighted by Crippen LogP contribution is -2.44. The van der Waals surface area contributed by atoms with Crippen LogP contribution >= 0.6 is 0 Å². The summed E-state index contributed by atoms with van der Waals surface area (Å²) in [5.74, 6) is -0.406. The van der Waals surface area contributed by atoms with E-state index in [1.54, 1.807) is 12.1 Å². The van der Waals surface area contributed by atoms with Gasteiger partial charge < -0.3 is 9.84 Å². The first-order valence-electron chi connectivity index (χ1n) is 4.89. The van der Waals surface area contributed by atoms with Crippen LogP contribution < -0.4 is 5.32 Å². The van der Waals surface area contributed by atoms with E-state index in [0.717, 1.165) is 0 Å². The van der Waals surface area contributed by atoms with Crippen molar-refractivity contribution in [3.63, 3.8) is 0 Å². The minimum atomic E-state index is -1.20. The Kier molecular flexibility index (Phi) is 2.55. The Morgan fingerprint density at radius 3 is 2.69 bits per heavy atom. The molecule has 2 N–H and O–H groups in total. The summed E-state index contributed by atoms with van der Waals surface area (Å²) in [4.78, 5) is 10.4. The maximum atomic E-state index is 13.7. The van der Waals surface area contributed by atoms with Gasteiger partial charge in [0.25, 0.3) is 0 Å². The second kappa shape index (κ2) is 3.75. The minimum absolute atomic E-state index is 0.234. The highest BCUT2D eigenvalue weighted by Gasteiger charge is 2.37. The molecule has 1 fully saturated rings. The normalized spacial score (nSPS) is 17.6. The van der Waals surface area contributed by atoms with E-state index in [1.807, 2.05) is 6.92 Å². The summed E-state index contributed by atoms with van der Waals surface area (Å²) in [5.41, 5.74) is 0.513. The fourth-order valence-corrected chi connectivity index (χ4v) is 1.77. The molecule has 1 aromatic rings. The Morgan fingerprint density at radius 2 is 2.25 bits per heavy atom. The van der Waals surface area contributed by atoms with Crippen molar-refractivity contribution in [2.24, 2.45) is 0 Å². The zero-order valence-corrected chi connectivity index (χ0v) is 8.79. The molecular weight excluding hydrogens is 213 g/mol. The minimum Gasteiger partial charge on any atom is -0.465 e. The van der Waals surface area contributed by atoms with Crippen LogP contribution in [-0.2, 0) is 10.2 Å². The Morgan fingerprint density at radius 1 is 1.56 bits per heavy atom. The van der Waals surface area contributed by atoms with Crippen LogP contribution in [0.25, 0.3) is 0 Å². The van der Waals surface area contributed by atoms with E-state index in [0.29, 0.717) is 18.8 Å². The molecule has 0 unspecified atom stereocenters. The summed E-state index contributed by atoms with van der Waals surface area (Å²) in [6, 6.07) is 4.34. The van der Waals surface area contributed by atoms with E-state index in [4.69, 9.17) is 9.84 Å². The molecule has 0 atom stereocenters. The molecule has 1 amide bonds. The molecule has 0 spiro atoms. The highest BCUT2D eigenvalue weighted by molar-refractivity contribution is 5.82. The zero-order valence-electron chi connectivity index (χ0n) is 8.79. The summed E-state index contributed by atoms with van der Waals surface area (Å²) in [5, 5.41) is 10.6. The van der Waals surface area contributed by atoms with Crippen molar-refractivity contribution in [3.05, 3.63) is 29.6 Å². The monoisotopic (exact) mass is 225 g/mol. The number of hydrogen-bond donors (Lipinski definition) is 2. The lowest BCUT2D eigenvalue weighted by molar-refractivity contribution is -0.0515. The maximum Gasteiger partial charge on any atom is 0.409 e. The molecule has 0 aromatic heterocycles. The third kappa shape index (κ3) is 1.86. The number of amides is 1. The summed E-state index contributed by atoms with van der Waals surface area (Å²) in [6.07, 6.45) is -1.20. The molecule has 4 nitrogen and oxygen atoms in total. The standard InChI is InChI=1S/C11H12FNO3/c1-11(5-16-6-11)8-3-2-7(4-9(8)12)13-10(14)15/h2-4,13H,5-6H2,1H3,(H,14,15). The number of halogens is 1. The van der Waals surface area contributed by atoms with E-state index in [-0.39, 0.29) is 11.1 Å². The van der Waals surface area contributed by atoms with E-state index < -0.39 is 11.9 Å². The van der Waals surface area contributed by atoms with E-state index in [2.05, 4.69) is 5.32 Å². The first kappa shape index (κ1) is 10.9. The van der Waals surface area contributed by atoms with Crippen LogP contribution in [0, 0.1) is 5.82 Å². The fourth-order valence-electron chi connectivity index (χ4n) is 1.77. The summed E-state index contributed by atoms with van der Waals surface area (Å²) in [6.45, 7) is 2.91. The van der Waals surface area contributed by atoms with Gasteiger partial charge in [-0.2, -0.15) is 0 Å². The van der Waals surface area contributed by atoms with Gasteiger partial charge in [0.05, 0.1) is 13.2 Å². The van der Waals surface area contributed by atoms with Gasteiger partial charge in [-0.15, -0.1) is 0 Å². The van der Waals surface area contributed by atoms with Crippen molar-refractivity contribution < 1.29 is 19.0 Å². The number of anilines is 1. The molecule has 1 aromatic carbocycles. The van der Waals surface area contributed by atoms with Crippen molar-refractivity contribution in [2.75, 3.05) is 18.5 Å².